The molecule has 0 aliphatic heterocycles. The summed E-state index contributed by atoms with van der Waals surface area (Å²) >= 11 is 3.89. The molecule has 0 heterocycles. The number of nitrogens with zero attached hydrogens (tertiary/aromatic N) is 1. The molecule has 0 amide bonds. The third-order valence-corrected chi connectivity index (χ3v) is 1.71. The van der Waals surface area contributed by atoms with Gasteiger partial charge in [-0.1, -0.05) is 0 Å². The van der Waals surface area contributed by atoms with Crippen LogP contribution in [-0.2, 0) is 4.79 Å². The lowest BCUT2D eigenvalue weighted by Gasteiger charge is -2.09. The van der Waals surface area contributed by atoms with Crippen molar-refractivity contribution in [2.45, 2.75) is 13.0 Å². The third kappa shape index (κ3) is 8.15. The number of rotatable bonds is 6. The van der Waals surface area contributed by atoms with E-state index in [1.54, 1.807) is 6.92 Å². The zero-order chi connectivity index (χ0) is 10.3. The molecule has 14 heavy (non-hydrogen) atoms. The zero-order valence-electron chi connectivity index (χ0n) is 7.93. The molecule has 84 valence electrons. The molecule has 0 rings (SSSR count). The highest BCUT2D eigenvalue weighted by Crippen LogP contribution is 1.87. The quantitative estimate of drug-likeness (QED) is 0.224. The number of nitrogens with one attached hydrogen (secondary N) is 1. The van der Waals surface area contributed by atoms with Gasteiger partial charge < -0.3 is 16.2 Å². The van der Waals surface area contributed by atoms with E-state index < -0.39 is 12.0 Å². The summed E-state index contributed by atoms with van der Waals surface area (Å²) < 4.78 is 0. The maximum Gasteiger partial charge on any atom is 0.321 e. The summed E-state index contributed by atoms with van der Waals surface area (Å²) in [5.41, 5.74) is 5.29. The minimum atomic E-state index is -0.900. The van der Waals surface area contributed by atoms with Crippen LogP contribution in [0.4, 0.5) is 0 Å². The van der Waals surface area contributed by atoms with Crippen LogP contribution in [0.3, 0.4) is 0 Å². The smallest absolute Gasteiger partial charge is 0.321 e. The van der Waals surface area contributed by atoms with E-state index in [1.807, 2.05) is 0 Å². The van der Waals surface area contributed by atoms with E-state index in [0.29, 0.717) is 18.9 Å². The number of thiol groups is 1. The Balaban J connectivity index is 0. The van der Waals surface area contributed by atoms with Crippen molar-refractivity contribution in [2.75, 3.05) is 18.8 Å². The molecule has 0 aliphatic carbocycles. The Bertz CT molecular complexity index is 197. The molecular weight excluding hydrogens is 226 g/mol. The molecule has 0 aromatic heterocycles. The van der Waals surface area contributed by atoms with Gasteiger partial charge in [0, 0.05) is 12.3 Å². The molecule has 0 spiro atoms. The summed E-state index contributed by atoms with van der Waals surface area (Å²) in [6.45, 7) is 2.67. The Morgan fingerprint density at radius 2 is 2.29 bits per heavy atom. The summed E-state index contributed by atoms with van der Waals surface area (Å²) in [6, 6.07) is -0.614. The van der Waals surface area contributed by atoms with Crippen LogP contribution in [0.15, 0.2) is 4.99 Å². The molecule has 1 atom stereocenters. The van der Waals surface area contributed by atoms with Gasteiger partial charge in [-0.3, -0.25) is 9.79 Å². The normalized spacial score (nSPS) is 13.1. The molecule has 5 nitrogen and oxygen atoms in total. The SMILES string of the molecule is CC(N)=NCCN[C@H](CS)C(=O)O.Cl. The molecule has 0 aliphatic rings. The van der Waals surface area contributed by atoms with Gasteiger partial charge in [-0.25, -0.2) is 0 Å². The van der Waals surface area contributed by atoms with Gasteiger partial charge in [0.05, 0.1) is 12.4 Å². The van der Waals surface area contributed by atoms with Crippen LogP contribution < -0.4 is 11.1 Å². The monoisotopic (exact) mass is 241 g/mol. The molecule has 4 N–H and O–H groups in total. The number of carboxylic acids is 1. The van der Waals surface area contributed by atoms with Gasteiger partial charge in [0.15, 0.2) is 0 Å². The van der Waals surface area contributed by atoms with E-state index in [0.717, 1.165) is 0 Å². The molecular formula is C7H16ClN3O2S. The van der Waals surface area contributed by atoms with Crippen molar-refractivity contribution in [3.8, 4) is 0 Å². The number of carboxylic acid groups (broad SMARTS) is 1. The molecule has 0 unspecified atom stereocenters. The van der Waals surface area contributed by atoms with Gasteiger partial charge in [-0.05, 0) is 6.92 Å². The van der Waals surface area contributed by atoms with E-state index in [4.69, 9.17) is 10.8 Å². The number of aliphatic imine (C=N–C) groups is 1. The number of halogens is 1. The number of hydrogen-bond acceptors (Lipinski definition) is 4. The lowest BCUT2D eigenvalue weighted by atomic mass is 10.3. The van der Waals surface area contributed by atoms with Crippen molar-refractivity contribution in [1.29, 1.82) is 0 Å². The van der Waals surface area contributed by atoms with Crippen LogP contribution in [0.5, 0.6) is 0 Å². The number of hydrogen-bond donors (Lipinski definition) is 4. The Hall–Kier alpha value is -0.460. The molecule has 0 radical (unpaired) electrons. The highest BCUT2D eigenvalue weighted by molar-refractivity contribution is 7.80. The fourth-order valence-corrected chi connectivity index (χ4v) is 0.986. The molecule has 7 heteroatoms. The van der Waals surface area contributed by atoms with Gasteiger partial charge in [0.25, 0.3) is 0 Å². The number of aliphatic carboxylic acids is 1. The standard InChI is InChI=1S/C7H15N3O2S.ClH/c1-5(8)9-2-3-10-6(4-13)7(11)12;/h6,10,13H,2-4H2,1H3,(H2,8,9)(H,11,12);1H/t6-;/m1./s1. The lowest BCUT2D eigenvalue weighted by Crippen LogP contribution is -2.39. The first-order valence-corrected chi connectivity index (χ1v) is 4.54. The van der Waals surface area contributed by atoms with Crippen molar-refractivity contribution >= 4 is 36.8 Å². The fraction of sp³-hybridized carbons (Fsp3) is 0.714. The summed E-state index contributed by atoms with van der Waals surface area (Å²) in [4.78, 5) is 14.4. The van der Waals surface area contributed by atoms with Gasteiger partial charge in [-0.2, -0.15) is 12.6 Å². The first-order chi connectivity index (χ1) is 6.07. The van der Waals surface area contributed by atoms with Crippen LogP contribution in [0.2, 0.25) is 0 Å². The zero-order valence-corrected chi connectivity index (χ0v) is 9.65. The lowest BCUT2D eigenvalue weighted by molar-refractivity contribution is -0.138. The predicted octanol–water partition coefficient (Wildman–Crippen LogP) is -0.242. The Morgan fingerprint density at radius 3 is 2.64 bits per heavy atom. The van der Waals surface area contributed by atoms with Gasteiger partial charge in [0.1, 0.15) is 6.04 Å². The van der Waals surface area contributed by atoms with Gasteiger partial charge in [0.2, 0.25) is 0 Å². The molecule has 0 saturated heterocycles. The topological polar surface area (TPSA) is 87.7 Å². The van der Waals surface area contributed by atoms with Crippen molar-refractivity contribution < 1.29 is 9.90 Å². The molecule has 0 bridgehead atoms. The third-order valence-electron chi connectivity index (χ3n) is 1.34. The number of nitrogens with two attached hydrogens (primary N) is 1. The van der Waals surface area contributed by atoms with Crippen molar-refractivity contribution in [2.24, 2.45) is 10.7 Å². The minimum Gasteiger partial charge on any atom is -0.480 e. The Morgan fingerprint density at radius 1 is 1.71 bits per heavy atom. The number of amidine groups is 1. The average Bonchev–Trinajstić information content (AvgIpc) is 2.03. The Kier molecular flexibility index (Phi) is 10.4. The minimum absolute atomic E-state index is 0. The van der Waals surface area contributed by atoms with Crippen LogP contribution in [0.25, 0.3) is 0 Å². The molecule has 0 saturated carbocycles. The predicted molar refractivity (Wildman–Crippen MR) is 62.7 cm³/mol. The van der Waals surface area contributed by atoms with Crippen molar-refractivity contribution in [3.05, 3.63) is 0 Å². The van der Waals surface area contributed by atoms with Crippen LogP contribution in [0.1, 0.15) is 6.92 Å². The van der Waals surface area contributed by atoms with Crippen molar-refractivity contribution in [1.82, 2.24) is 5.32 Å². The summed E-state index contributed by atoms with van der Waals surface area (Å²) in [5.74, 6) is -0.135. The summed E-state index contributed by atoms with van der Waals surface area (Å²) in [7, 11) is 0. The average molecular weight is 242 g/mol. The molecule has 0 aromatic rings. The highest BCUT2D eigenvalue weighted by atomic mass is 35.5. The maximum absolute atomic E-state index is 10.5. The molecule has 0 fully saturated rings. The Labute approximate surface area is 95.0 Å². The summed E-state index contributed by atoms with van der Waals surface area (Å²) in [5, 5.41) is 11.4. The van der Waals surface area contributed by atoms with Crippen LogP contribution in [0, 0.1) is 0 Å². The van der Waals surface area contributed by atoms with Gasteiger partial charge >= 0.3 is 5.97 Å². The largest absolute Gasteiger partial charge is 0.480 e. The maximum atomic E-state index is 10.5. The second-order valence-electron chi connectivity index (χ2n) is 2.55. The van der Waals surface area contributed by atoms with E-state index >= 15 is 0 Å². The first kappa shape index (κ1) is 16.0. The van der Waals surface area contributed by atoms with E-state index in [-0.39, 0.29) is 18.2 Å². The second kappa shape index (κ2) is 9.11. The van der Waals surface area contributed by atoms with E-state index in [2.05, 4.69) is 22.9 Å². The van der Waals surface area contributed by atoms with E-state index in [1.165, 1.54) is 0 Å². The highest BCUT2D eigenvalue weighted by Gasteiger charge is 2.13. The van der Waals surface area contributed by atoms with Gasteiger partial charge in [-0.15, -0.1) is 12.4 Å². The first-order valence-electron chi connectivity index (χ1n) is 3.91. The van der Waals surface area contributed by atoms with Crippen LogP contribution in [-0.4, -0.2) is 41.8 Å². The van der Waals surface area contributed by atoms with E-state index in [9.17, 15) is 4.79 Å². The summed E-state index contributed by atoms with van der Waals surface area (Å²) in [6.07, 6.45) is 0. The van der Waals surface area contributed by atoms with Crippen LogP contribution >= 0.6 is 25.0 Å². The fourth-order valence-electron chi connectivity index (χ4n) is 0.701. The number of carbonyl (C=O) groups is 1. The second-order valence-corrected chi connectivity index (χ2v) is 2.92. The molecule has 0 aromatic carbocycles. The van der Waals surface area contributed by atoms with Crippen molar-refractivity contribution in [3.63, 3.8) is 0 Å².